The lowest BCUT2D eigenvalue weighted by Crippen LogP contribution is -1.89. The average molecular weight is 240 g/mol. The summed E-state index contributed by atoms with van der Waals surface area (Å²) < 4.78 is 0. The fourth-order valence-corrected chi connectivity index (χ4v) is 6.25. The quantitative estimate of drug-likeness (QED) is 0.495. The van der Waals surface area contributed by atoms with Gasteiger partial charge in [0.2, 0.25) is 5.16 Å². The normalized spacial score (nSPS) is 12.8. The van der Waals surface area contributed by atoms with E-state index in [1.807, 2.05) is 0 Å². The van der Waals surface area contributed by atoms with Gasteiger partial charge in [-0.2, -0.15) is 0 Å². The summed E-state index contributed by atoms with van der Waals surface area (Å²) in [6.45, 7) is 0. The van der Waals surface area contributed by atoms with Crippen molar-refractivity contribution in [3.63, 3.8) is 0 Å². The van der Waals surface area contributed by atoms with Crippen molar-refractivity contribution >= 4 is 51.0 Å². The van der Waals surface area contributed by atoms with Gasteiger partial charge in [-0.25, -0.2) is 9.97 Å². The van der Waals surface area contributed by atoms with Crippen LogP contribution in [0, 0.1) is 0 Å². The summed E-state index contributed by atoms with van der Waals surface area (Å²) in [5.41, 5.74) is 0. The molecule has 1 aromatic rings. The second kappa shape index (κ2) is 5.36. The predicted octanol–water partition coefficient (Wildman–Crippen LogP) is 2.06. The molecule has 0 saturated carbocycles. The van der Waals surface area contributed by atoms with Crippen molar-refractivity contribution in [2.24, 2.45) is 0 Å². The Balaban J connectivity index is 2.69. The maximum atomic E-state index is 5.10. The second-order valence-corrected chi connectivity index (χ2v) is 8.58. The Morgan fingerprint density at radius 2 is 2.09 bits per heavy atom. The zero-order chi connectivity index (χ0) is 8.10. The van der Waals surface area contributed by atoms with Crippen molar-refractivity contribution in [1.82, 2.24) is 9.97 Å². The lowest BCUT2D eigenvalue weighted by Gasteiger charge is -1.96. The highest BCUT2D eigenvalue weighted by molar-refractivity contribution is 9.24. The maximum Gasteiger partial charge on any atom is 0.202 e. The minimum atomic E-state index is -0.369. The summed E-state index contributed by atoms with van der Waals surface area (Å²) in [5, 5.41) is 0.703. The molecule has 1 atom stereocenters. The van der Waals surface area contributed by atoms with Crippen molar-refractivity contribution < 1.29 is 0 Å². The molecule has 0 N–H and O–H groups in total. The van der Waals surface area contributed by atoms with Crippen LogP contribution in [0.5, 0.6) is 0 Å². The van der Waals surface area contributed by atoms with E-state index in [2.05, 4.69) is 21.6 Å². The first-order chi connectivity index (χ1) is 5.34. The molecule has 7 heteroatoms. The van der Waals surface area contributed by atoms with E-state index in [9.17, 15) is 0 Å². The summed E-state index contributed by atoms with van der Waals surface area (Å²) in [5.74, 6) is 0. The van der Waals surface area contributed by atoms with Gasteiger partial charge in [0.25, 0.3) is 0 Å². The molecule has 2 nitrogen and oxygen atoms in total. The highest BCUT2D eigenvalue weighted by Gasteiger charge is 2.00. The third kappa shape index (κ3) is 3.29. The predicted molar refractivity (Wildman–Crippen MR) is 59.2 cm³/mol. The minimum Gasteiger partial charge on any atom is -0.230 e. The summed E-state index contributed by atoms with van der Waals surface area (Å²) in [6, 6.07) is 1.77. The fourth-order valence-electron chi connectivity index (χ4n) is 0.430. The summed E-state index contributed by atoms with van der Waals surface area (Å²) in [6.07, 6.45) is 3.39. The Morgan fingerprint density at radius 1 is 1.45 bits per heavy atom. The van der Waals surface area contributed by atoms with Gasteiger partial charge in [-0.05, 0) is 36.9 Å². The van der Waals surface area contributed by atoms with E-state index in [4.69, 9.17) is 11.2 Å². The van der Waals surface area contributed by atoms with Gasteiger partial charge in [0.05, 0.1) is 0 Å². The molecule has 0 bridgehead atoms. The highest BCUT2D eigenvalue weighted by atomic mass is 33.7. The molecule has 0 fully saturated rings. The minimum absolute atomic E-state index is 0.369. The molecule has 1 heterocycles. The third-order valence-corrected chi connectivity index (χ3v) is 7.73. The number of nitrogens with zero attached hydrogens (tertiary/aromatic N) is 2. The van der Waals surface area contributed by atoms with Gasteiger partial charge in [0.1, 0.15) is 0 Å². The van der Waals surface area contributed by atoms with E-state index in [0.29, 0.717) is 5.16 Å². The van der Waals surface area contributed by atoms with E-state index in [1.165, 1.54) is 19.7 Å². The average Bonchev–Trinajstić information content (AvgIpc) is 2.07. The molecule has 0 amide bonds. The SMILES string of the molecule is S=S(SSS)c1ncccn1. The number of thiol groups is 1. The summed E-state index contributed by atoms with van der Waals surface area (Å²) in [7, 11) is 2.46. The van der Waals surface area contributed by atoms with Crippen LogP contribution in [-0.2, 0) is 19.7 Å². The Morgan fingerprint density at radius 3 is 2.64 bits per heavy atom. The molecule has 0 spiro atoms. The van der Waals surface area contributed by atoms with Gasteiger partial charge in [-0.3, -0.25) is 0 Å². The van der Waals surface area contributed by atoms with E-state index in [-0.39, 0.29) is 8.49 Å². The van der Waals surface area contributed by atoms with Crippen LogP contribution in [0.4, 0.5) is 0 Å². The first-order valence-electron chi connectivity index (χ1n) is 2.52. The monoisotopic (exact) mass is 240 g/mol. The number of rotatable bonds is 3. The standard InChI is InChI=1S/C4H4N2S5/c7-9-10-11(8)4-5-2-1-3-6-4/h1-3,7H. The van der Waals surface area contributed by atoms with Crippen LogP contribution in [0.15, 0.2) is 23.6 Å². The lowest BCUT2D eigenvalue weighted by atomic mass is 10.7. The Labute approximate surface area is 84.2 Å². The third-order valence-electron chi connectivity index (χ3n) is 0.783. The molecule has 0 radical (unpaired) electrons. The van der Waals surface area contributed by atoms with Gasteiger partial charge < -0.3 is 0 Å². The largest absolute Gasteiger partial charge is 0.230 e. The summed E-state index contributed by atoms with van der Waals surface area (Å²) in [4.78, 5) is 8.05. The lowest BCUT2D eigenvalue weighted by molar-refractivity contribution is 0.971. The maximum absolute atomic E-state index is 5.10. The van der Waals surface area contributed by atoms with E-state index in [1.54, 1.807) is 18.5 Å². The van der Waals surface area contributed by atoms with Crippen LogP contribution < -0.4 is 0 Å². The van der Waals surface area contributed by atoms with Crippen molar-refractivity contribution in [2.75, 3.05) is 0 Å². The smallest absolute Gasteiger partial charge is 0.202 e. The molecular formula is C4H4N2S5. The van der Waals surface area contributed by atoms with Gasteiger partial charge in [0.15, 0.2) is 0 Å². The first kappa shape index (κ1) is 9.79. The highest BCUT2D eigenvalue weighted by Crippen LogP contribution is 2.31. The first-order valence-corrected chi connectivity index (χ1v) is 8.39. The van der Waals surface area contributed by atoms with Crippen molar-refractivity contribution in [3.8, 4) is 0 Å². The van der Waals surface area contributed by atoms with E-state index >= 15 is 0 Å². The van der Waals surface area contributed by atoms with Gasteiger partial charge >= 0.3 is 0 Å². The van der Waals surface area contributed by atoms with Gasteiger partial charge in [-0.1, -0.05) is 11.7 Å². The number of hydrogen-bond acceptors (Lipinski definition) is 6. The Bertz CT molecular complexity index is 237. The van der Waals surface area contributed by atoms with Crippen molar-refractivity contribution in [3.05, 3.63) is 18.5 Å². The molecule has 0 saturated heterocycles. The molecule has 1 unspecified atom stereocenters. The summed E-state index contributed by atoms with van der Waals surface area (Å²) >= 11 is 9.07. The van der Waals surface area contributed by atoms with Gasteiger partial charge in [0, 0.05) is 20.9 Å². The fraction of sp³-hybridized carbons (Fsp3) is 0. The topological polar surface area (TPSA) is 25.8 Å². The van der Waals surface area contributed by atoms with Crippen LogP contribution in [-0.4, -0.2) is 9.97 Å². The molecule has 0 aliphatic heterocycles. The molecule has 60 valence electrons. The molecule has 11 heavy (non-hydrogen) atoms. The molecule has 0 aliphatic carbocycles. The van der Waals surface area contributed by atoms with E-state index < -0.39 is 0 Å². The zero-order valence-electron chi connectivity index (χ0n) is 5.21. The van der Waals surface area contributed by atoms with Crippen LogP contribution in [0.2, 0.25) is 0 Å². The van der Waals surface area contributed by atoms with Crippen LogP contribution in [0.3, 0.4) is 0 Å². The molecule has 0 aliphatic rings. The second-order valence-electron chi connectivity index (χ2n) is 1.41. The van der Waals surface area contributed by atoms with Crippen LogP contribution in [0.25, 0.3) is 0 Å². The molecule has 1 aromatic heterocycles. The molecule has 1 rings (SSSR count). The zero-order valence-corrected chi connectivity index (χ0v) is 9.37. The number of hydrogen-bond donors (Lipinski definition) is 1. The molecule has 0 aromatic carbocycles. The van der Waals surface area contributed by atoms with Crippen molar-refractivity contribution in [2.45, 2.75) is 5.16 Å². The van der Waals surface area contributed by atoms with Crippen LogP contribution in [0.1, 0.15) is 0 Å². The van der Waals surface area contributed by atoms with E-state index in [0.717, 1.165) is 0 Å². The van der Waals surface area contributed by atoms with Gasteiger partial charge in [-0.15, -0.1) is 0 Å². The number of aromatic nitrogens is 2. The Kier molecular flexibility index (Phi) is 4.77. The van der Waals surface area contributed by atoms with Crippen LogP contribution >= 0.6 is 31.3 Å². The Hall–Kier alpha value is 0.700. The van der Waals surface area contributed by atoms with Crippen molar-refractivity contribution in [1.29, 1.82) is 0 Å². The molecular weight excluding hydrogens is 236 g/mol.